The van der Waals surface area contributed by atoms with E-state index in [9.17, 15) is 9.59 Å². The van der Waals surface area contributed by atoms with Gasteiger partial charge >= 0.3 is 5.97 Å². The van der Waals surface area contributed by atoms with Gasteiger partial charge in [-0.05, 0) is 35.4 Å². The number of amides is 1. The Kier molecular flexibility index (Phi) is 7.50. The number of nitrogens with one attached hydrogen (secondary N) is 1. The highest BCUT2D eigenvalue weighted by Gasteiger charge is 2.04. The van der Waals surface area contributed by atoms with Gasteiger partial charge in [0.25, 0.3) is 0 Å². The van der Waals surface area contributed by atoms with Crippen molar-refractivity contribution in [2.45, 2.75) is 5.75 Å². The lowest BCUT2D eigenvalue weighted by Crippen LogP contribution is -2.19. The van der Waals surface area contributed by atoms with E-state index >= 15 is 0 Å². The van der Waals surface area contributed by atoms with Gasteiger partial charge in [-0.2, -0.15) is 5.10 Å². The van der Waals surface area contributed by atoms with Gasteiger partial charge in [-0.1, -0.05) is 35.9 Å². The Morgan fingerprint density at radius 3 is 2.48 bits per heavy atom. The number of carbonyl (C=O) groups is 2. The van der Waals surface area contributed by atoms with Crippen LogP contribution in [0.3, 0.4) is 0 Å². The van der Waals surface area contributed by atoms with E-state index in [2.05, 4.69) is 15.3 Å². The lowest BCUT2D eigenvalue weighted by Gasteiger charge is -2.02. The maximum absolute atomic E-state index is 11.7. The van der Waals surface area contributed by atoms with Crippen LogP contribution in [-0.4, -0.2) is 31.0 Å². The Hall–Kier alpha value is -2.31. The summed E-state index contributed by atoms with van der Waals surface area (Å²) in [7, 11) is 1.33. The van der Waals surface area contributed by atoms with Gasteiger partial charge in [0, 0.05) is 10.8 Å². The Bertz CT molecular complexity index is 746. The summed E-state index contributed by atoms with van der Waals surface area (Å²) in [6, 6.07) is 14.2. The number of nitrogens with zero attached hydrogens (tertiary/aromatic N) is 1. The van der Waals surface area contributed by atoms with Crippen molar-refractivity contribution in [1.82, 2.24) is 5.43 Å². The molecule has 2 aromatic rings. The molecular formula is C18H17ClN2O3S. The number of carbonyl (C=O) groups excluding carboxylic acids is 2. The van der Waals surface area contributed by atoms with Crippen molar-refractivity contribution in [3.63, 3.8) is 0 Å². The van der Waals surface area contributed by atoms with Gasteiger partial charge in [0.2, 0.25) is 5.91 Å². The number of hydrogen-bond donors (Lipinski definition) is 1. The number of ether oxygens (including phenoxy) is 1. The Labute approximate surface area is 155 Å². The molecule has 1 N–H and O–H groups in total. The molecule has 0 atom stereocenters. The van der Waals surface area contributed by atoms with Gasteiger partial charge in [0.05, 0.1) is 24.6 Å². The first-order valence-electron chi connectivity index (χ1n) is 7.41. The highest BCUT2D eigenvalue weighted by atomic mass is 35.5. The molecule has 0 saturated carbocycles. The lowest BCUT2D eigenvalue weighted by atomic mass is 10.1. The summed E-state index contributed by atoms with van der Waals surface area (Å²) in [4.78, 5) is 23.1. The molecule has 2 aromatic carbocycles. The molecule has 0 aliphatic carbocycles. The fourth-order valence-electron chi connectivity index (χ4n) is 1.88. The molecule has 7 heteroatoms. The molecule has 0 bridgehead atoms. The van der Waals surface area contributed by atoms with Crippen LogP contribution >= 0.6 is 23.4 Å². The Balaban J connectivity index is 1.72. The topological polar surface area (TPSA) is 67.8 Å². The summed E-state index contributed by atoms with van der Waals surface area (Å²) in [5.74, 6) is 0.459. The number of benzene rings is 2. The number of hydrazone groups is 1. The van der Waals surface area contributed by atoms with E-state index in [-0.39, 0.29) is 5.91 Å². The first-order valence-corrected chi connectivity index (χ1v) is 8.94. The molecule has 0 aliphatic heterocycles. The lowest BCUT2D eigenvalue weighted by molar-refractivity contribution is -0.118. The molecule has 0 aromatic heterocycles. The van der Waals surface area contributed by atoms with Crippen molar-refractivity contribution < 1.29 is 14.3 Å². The van der Waals surface area contributed by atoms with Crippen molar-refractivity contribution in [3.8, 4) is 0 Å². The second kappa shape index (κ2) is 9.86. The van der Waals surface area contributed by atoms with Crippen molar-refractivity contribution in [2.24, 2.45) is 5.10 Å². The fraction of sp³-hybridized carbons (Fsp3) is 0.167. The minimum absolute atomic E-state index is 0.179. The molecule has 1 amide bonds. The number of rotatable bonds is 7. The summed E-state index contributed by atoms with van der Waals surface area (Å²) in [5, 5.41) is 4.60. The van der Waals surface area contributed by atoms with E-state index in [0.29, 0.717) is 16.3 Å². The minimum atomic E-state index is -0.394. The van der Waals surface area contributed by atoms with Crippen molar-refractivity contribution in [3.05, 3.63) is 70.2 Å². The number of methoxy groups -OCH3 is 1. The maximum atomic E-state index is 11.7. The van der Waals surface area contributed by atoms with E-state index < -0.39 is 5.97 Å². The van der Waals surface area contributed by atoms with Crippen LogP contribution in [0.25, 0.3) is 0 Å². The summed E-state index contributed by atoms with van der Waals surface area (Å²) in [6.45, 7) is 0. The van der Waals surface area contributed by atoms with Gasteiger partial charge < -0.3 is 4.74 Å². The average Bonchev–Trinajstić information content (AvgIpc) is 2.63. The summed E-state index contributed by atoms with van der Waals surface area (Å²) >= 11 is 7.32. The predicted octanol–water partition coefficient (Wildman–Crippen LogP) is 3.51. The van der Waals surface area contributed by atoms with Crippen LogP contribution < -0.4 is 5.43 Å². The Morgan fingerprint density at radius 2 is 1.84 bits per heavy atom. The van der Waals surface area contributed by atoms with Crippen LogP contribution in [0, 0.1) is 0 Å². The molecule has 25 heavy (non-hydrogen) atoms. The first-order chi connectivity index (χ1) is 12.1. The molecule has 5 nitrogen and oxygen atoms in total. The number of thioether (sulfide) groups is 1. The standard InChI is InChI=1S/C18H17ClN2O3S/c1-24-18(23)15-6-2-13(3-7-15)10-20-21-17(22)12-25-11-14-4-8-16(19)9-5-14/h2-10H,11-12H2,1H3,(H,21,22)/b20-10-. The van der Waals surface area contributed by atoms with Crippen molar-refractivity contribution in [1.29, 1.82) is 0 Å². The van der Waals surface area contributed by atoms with Gasteiger partial charge in [0.1, 0.15) is 0 Å². The van der Waals surface area contributed by atoms with E-state index in [1.54, 1.807) is 24.3 Å². The van der Waals surface area contributed by atoms with E-state index in [4.69, 9.17) is 11.6 Å². The molecule has 0 fully saturated rings. The van der Waals surface area contributed by atoms with Crippen molar-refractivity contribution >= 4 is 41.5 Å². The average molecular weight is 377 g/mol. The van der Waals surface area contributed by atoms with Gasteiger partial charge in [-0.3, -0.25) is 4.79 Å². The van der Waals surface area contributed by atoms with Gasteiger partial charge in [-0.15, -0.1) is 11.8 Å². The fourth-order valence-corrected chi connectivity index (χ4v) is 2.78. The predicted molar refractivity (Wildman–Crippen MR) is 101 cm³/mol. The third-order valence-corrected chi connectivity index (χ3v) is 4.41. The SMILES string of the molecule is COC(=O)c1ccc(/C=N\NC(=O)CSCc2ccc(Cl)cc2)cc1. The molecule has 0 heterocycles. The van der Waals surface area contributed by atoms with E-state index in [0.717, 1.165) is 16.9 Å². The molecule has 0 saturated heterocycles. The zero-order valence-electron chi connectivity index (χ0n) is 13.6. The second-order valence-corrected chi connectivity index (χ2v) is 6.45. The highest BCUT2D eigenvalue weighted by molar-refractivity contribution is 7.99. The molecule has 2 rings (SSSR count). The maximum Gasteiger partial charge on any atom is 0.337 e. The summed E-state index contributed by atoms with van der Waals surface area (Å²) in [5.41, 5.74) is 4.81. The van der Waals surface area contributed by atoms with Crippen LogP contribution in [0.4, 0.5) is 0 Å². The highest BCUT2D eigenvalue weighted by Crippen LogP contribution is 2.15. The van der Waals surface area contributed by atoms with Crippen LogP contribution in [0.1, 0.15) is 21.5 Å². The van der Waals surface area contributed by atoms with Crippen LogP contribution in [0.15, 0.2) is 53.6 Å². The monoisotopic (exact) mass is 376 g/mol. The van der Waals surface area contributed by atoms with Crippen molar-refractivity contribution in [2.75, 3.05) is 12.9 Å². The number of halogens is 1. The zero-order chi connectivity index (χ0) is 18.1. The molecule has 130 valence electrons. The molecular weight excluding hydrogens is 360 g/mol. The molecule has 0 radical (unpaired) electrons. The third kappa shape index (κ3) is 6.60. The molecule has 0 unspecified atom stereocenters. The van der Waals surface area contributed by atoms with Crippen LogP contribution in [0.2, 0.25) is 5.02 Å². The van der Waals surface area contributed by atoms with E-state index in [1.165, 1.54) is 25.1 Å². The Morgan fingerprint density at radius 1 is 1.16 bits per heavy atom. The number of hydrogen-bond acceptors (Lipinski definition) is 5. The summed E-state index contributed by atoms with van der Waals surface area (Å²) < 4.78 is 4.63. The smallest absolute Gasteiger partial charge is 0.337 e. The quantitative estimate of drug-likeness (QED) is 0.456. The third-order valence-electron chi connectivity index (χ3n) is 3.15. The minimum Gasteiger partial charge on any atom is -0.465 e. The van der Waals surface area contributed by atoms with Crippen LogP contribution in [0.5, 0.6) is 0 Å². The summed E-state index contributed by atoms with van der Waals surface area (Å²) in [6.07, 6.45) is 1.52. The largest absolute Gasteiger partial charge is 0.465 e. The van der Waals surface area contributed by atoms with Crippen LogP contribution in [-0.2, 0) is 15.3 Å². The normalized spacial score (nSPS) is 10.6. The molecule has 0 spiro atoms. The van der Waals surface area contributed by atoms with Gasteiger partial charge in [-0.25, -0.2) is 10.2 Å². The van der Waals surface area contributed by atoms with E-state index in [1.807, 2.05) is 24.3 Å². The number of esters is 1. The zero-order valence-corrected chi connectivity index (χ0v) is 15.1. The molecule has 0 aliphatic rings. The first kappa shape index (κ1) is 19.0. The van der Waals surface area contributed by atoms with Gasteiger partial charge in [0.15, 0.2) is 0 Å². The second-order valence-electron chi connectivity index (χ2n) is 5.03.